The molecule has 1 aliphatic heterocycles. The molecule has 3 rings (SSSR count). The van der Waals surface area contributed by atoms with Crippen molar-refractivity contribution >= 4 is 17.3 Å². The molecule has 120 valence electrons. The minimum absolute atomic E-state index is 0.124. The van der Waals surface area contributed by atoms with Gasteiger partial charge in [-0.25, -0.2) is 8.78 Å². The topological polar surface area (TPSA) is 45.2 Å². The summed E-state index contributed by atoms with van der Waals surface area (Å²) in [5.41, 5.74) is 1.38. The highest BCUT2D eigenvalue weighted by Crippen LogP contribution is 2.24. The molecule has 1 amide bonds. The standard InChI is InChI=1S/C17H17F2N3O/c18-15-2-1-13(11-16(15)19)21-17(23)12-5-9-22(10-6-12)14-3-7-20-8-4-14/h1-4,7-8,11-12H,5-6,9-10H2,(H,21,23). The number of nitrogens with zero attached hydrogens (tertiary/aromatic N) is 2. The predicted molar refractivity (Wildman–Crippen MR) is 84.2 cm³/mol. The molecule has 0 radical (unpaired) electrons. The second-order valence-corrected chi connectivity index (χ2v) is 5.58. The zero-order chi connectivity index (χ0) is 16.2. The summed E-state index contributed by atoms with van der Waals surface area (Å²) in [4.78, 5) is 18.5. The van der Waals surface area contributed by atoms with E-state index < -0.39 is 11.6 Å². The van der Waals surface area contributed by atoms with Crippen molar-refractivity contribution in [2.24, 2.45) is 5.92 Å². The number of anilines is 2. The molecular weight excluding hydrogens is 300 g/mol. The Morgan fingerprint density at radius 3 is 2.43 bits per heavy atom. The maximum atomic E-state index is 13.2. The highest BCUT2D eigenvalue weighted by molar-refractivity contribution is 5.92. The second kappa shape index (κ2) is 6.73. The van der Waals surface area contributed by atoms with Crippen LogP contribution in [0.15, 0.2) is 42.7 Å². The molecule has 1 aromatic heterocycles. The highest BCUT2D eigenvalue weighted by atomic mass is 19.2. The summed E-state index contributed by atoms with van der Waals surface area (Å²) in [5, 5.41) is 2.66. The van der Waals surface area contributed by atoms with E-state index in [0.717, 1.165) is 43.8 Å². The van der Waals surface area contributed by atoms with E-state index in [1.807, 2.05) is 12.1 Å². The first-order chi connectivity index (χ1) is 11.1. The summed E-state index contributed by atoms with van der Waals surface area (Å²) in [7, 11) is 0. The van der Waals surface area contributed by atoms with Crippen LogP contribution in [-0.2, 0) is 4.79 Å². The highest BCUT2D eigenvalue weighted by Gasteiger charge is 2.25. The Labute approximate surface area is 133 Å². The fraction of sp³-hybridized carbons (Fsp3) is 0.294. The number of aromatic nitrogens is 1. The number of carbonyl (C=O) groups excluding carboxylic acids is 1. The number of pyridine rings is 1. The molecule has 0 bridgehead atoms. The molecule has 0 unspecified atom stereocenters. The van der Waals surface area contributed by atoms with Crippen LogP contribution in [0.1, 0.15) is 12.8 Å². The molecule has 1 fully saturated rings. The largest absolute Gasteiger partial charge is 0.371 e. The number of piperidine rings is 1. The van der Waals surface area contributed by atoms with Gasteiger partial charge in [0.25, 0.3) is 0 Å². The normalized spacial score (nSPS) is 15.5. The minimum atomic E-state index is -0.963. The van der Waals surface area contributed by atoms with Gasteiger partial charge in [-0.1, -0.05) is 0 Å². The van der Waals surface area contributed by atoms with Crippen LogP contribution >= 0.6 is 0 Å². The van der Waals surface area contributed by atoms with Crippen molar-refractivity contribution in [2.75, 3.05) is 23.3 Å². The van der Waals surface area contributed by atoms with E-state index in [0.29, 0.717) is 0 Å². The summed E-state index contributed by atoms with van der Waals surface area (Å²) in [6.07, 6.45) is 4.93. The Morgan fingerprint density at radius 2 is 1.78 bits per heavy atom. The summed E-state index contributed by atoms with van der Waals surface area (Å²) >= 11 is 0. The smallest absolute Gasteiger partial charge is 0.227 e. The van der Waals surface area contributed by atoms with Crippen LogP contribution in [0.3, 0.4) is 0 Å². The van der Waals surface area contributed by atoms with E-state index in [4.69, 9.17) is 0 Å². The van der Waals surface area contributed by atoms with Gasteiger partial charge in [0.2, 0.25) is 5.91 Å². The lowest BCUT2D eigenvalue weighted by Crippen LogP contribution is -2.38. The molecule has 0 atom stereocenters. The first-order valence-electron chi connectivity index (χ1n) is 7.54. The Bertz CT molecular complexity index is 685. The molecule has 1 aromatic carbocycles. The fourth-order valence-electron chi connectivity index (χ4n) is 2.77. The molecule has 6 heteroatoms. The monoisotopic (exact) mass is 317 g/mol. The number of amides is 1. The van der Waals surface area contributed by atoms with Crippen molar-refractivity contribution in [3.8, 4) is 0 Å². The molecule has 4 nitrogen and oxygen atoms in total. The van der Waals surface area contributed by atoms with Crippen LogP contribution in [0.5, 0.6) is 0 Å². The second-order valence-electron chi connectivity index (χ2n) is 5.58. The van der Waals surface area contributed by atoms with Gasteiger partial charge in [-0.05, 0) is 37.1 Å². The van der Waals surface area contributed by atoms with Crippen molar-refractivity contribution in [1.82, 2.24) is 4.98 Å². The summed E-state index contributed by atoms with van der Waals surface area (Å²) in [5.74, 6) is -2.16. The summed E-state index contributed by atoms with van der Waals surface area (Å²) < 4.78 is 26.1. The van der Waals surface area contributed by atoms with E-state index in [2.05, 4.69) is 15.2 Å². The van der Waals surface area contributed by atoms with Gasteiger partial charge in [0.05, 0.1) is 0 Å². The Hall–Kier alpha value is -2.50. The minimum Gasteiger partial charge on any atom is -0.371 e. The first-order valence-corrected chi connectivity index (χ1v) is 7.54. The van der Waals surface area contributed by atoms with E-state index in [1.54, 1.807) is 12.4 Å². The SMILES string of the molecule is O=C(Nc1ccc(F)c(F)c1)C1CCN(c2ccncc2)CC1. The van der Waals surface area contributed by atoms with Gasteiger partial charge in [0.1, 0.15) is 0 Å². The fourth-order valence-corrected chi connectivity index (χ4v) is 2.77. The molecule has 0 spiro atoms. The summed E-state index contributed by atoms with van der Waals surface area (Å²) in [6.45, 7) is 1.56. The van der Waals surface area contributed by atoms with Crippen molar-refractivity contribution in [3.63, 3.8) is 0 Å². The van der Waals surface area contributed by atoms with Gasteiger partial charge >= 0.3 is 0 Å². The lowest BCUT2D eigenvalue weighted by atomic mass is 9.95. The van der Waals surface area contributed by atoms with E-state index >= 15 is 0 Å². The average molecular weight is 317 g/mol. The van der Waals surface area contributed by atoms with Crippen LogP contribution in [0.25, 0.3) is 0 Å². The van der Waals surface area contributed by atoms with Crippen LogP contribution in [0.2, 0.25) is 0 Å². The number of rotatable bonds is 3. The zero-order valence-electron chi connectivity index (χ0n) is 12.5. The molecule has 0 saturated carbocycles. The van der Waals surface area contributed by atoms with Crippen LogP contribution in [0, 0.1) is 17.6 Å². The lowest BCUT2D eigenvalue weighted by molar-refractivity contribution is -0.120. The first kappa shape index (κ1) is 15.4. The van der Waals surface area contributed by atoms with Crippen LogP contribution in [0.4, 0.5) is 20.2 Å². The van der Waals surface area contributed by atoms with Gasteiger partial charge in [0, 0.05) is 48.8 Å². The number of hydrogen-bond donors (Lipinski definition) is 1. The van der Waals surface area contributed by atoms with Crippen molar-refractivity contribution in [2.45, 2.75) is 12.8 Å². The maximum Gasteiger partial charge on any atom is 0.227 e. The lowest BCUT2D eigenvalue weighted by Gasteiger charge is -2.32. The van der Waals surface area contributed by atoms with Crippen molar-refractivity contribution in [3.05, 3.63) is 54.4 Å². The van der Waals surface area contributed by atoms with Crippen LogP contribution in [-0.4, -0.2) is 24.0 Å². The molecule has 1 saturated heterocycles. The van der Waals surface area contributed by atoms with E-state index in [-0.39, 0.29) is 17.5 Å². The zero-order valence-corrected chi connectivity index (χ0v) is 12.5. The number of halogens is 2. The number of hydrogen-bond acceptors (Lipinski definition) is 3. The molecule has 0 aliphatic carbocycles. The Kier molecular flexibility index (Phi) is 4.50. The van der Waals surface area contributed by atoms with Crippen molar-refractivity contribution in [1.29, 1.82) is 0 Å². The van der Waals surface area contributed by atoms with Gasteiger partial charge in [-0.2, -0.15) is 0 Å². The third-order valence-electron chi connectivity index (χ3n) is 4.08. The van der Waals surface area contributed by atoms with Crippen molar-refractivity contribution < 1.29 is 13.6 Å². The van der Waals surface area contributed by atoms with Crippen LogP contribution < -0.4 is 10.2 Å². The molecule has 2 aromatic rings. The summed E-state index contributed by atoms with van der Waals surface area (Å²) in [6, 6.07) is 7.27. The van der Waals surface area contributed by atoms with E-state index in [9.17, 15) is 13.6 Å². The quantitative estimate of drug-likeness (QED) is 0.945. The molecule has 2 heterocycles. The van der Waals surface area contributed by atoms with Gasteiger partial charge < -0.3 is 10.2 Å². The Balaban J connectivity index is 1.57. The molecule has 1 aliphatic rings. The predicted octanol–water partition coefficient (Wildman–Crippen LogP) is 3.21. The number of carbonyl (C=O) groups is 1. The van der Waals surface area contributed by atoms with E-state index in [1.165, 1.54) is 6.07 Å². The third kappa shape index (κ3) is 3.64. The molecule has 23 heavy (non-hydrogen) atoms. The third-order valence-corrected chi connectivity index (χ3v) is 4.08. The van der Waals surface area contributed by atoms with Gasteiger partial charge in [-0.3, -0.25) is 9.78 Å². The number of benzene rings is 1. The maximum absolute atomic E-state index is 13.2. The molecular formula is C17H17F2N3O. The Morgan fingerprint density at radius 1 is 1.09 bits per heavy atom. The number of nitrogens with one attached hydrogen (secondary N) is 1. The average Bonchev–Trinajstić information content (AvgIpc) is 2.59. The van der Waals surface area contributed by atoms with Gasteiger partial charge in [0.15, 0.2) is 11.6 Å². The molecule has 1 N–H and O–H groups in total. The van der Waals surface area contributed by atoms with Gasteiger partial charge in [-0.15, -0.1) is 0 Å².